The number of carbonyl (C=O) groups is 2. The molecule has 1 saturated carbocycles. The number of hydrogen-bond acceptors (Lipinski definition) is 6. The lowest BCUT2D eigenvalue weighted by atomic mass is 9.94. The van der Waals surface area contributed by atoms with Crippen LogP contribution in [0, 0.1) is 0 Å². The lowest BCUT2D eigenvalue weighted by Gasteiger charge is -2.28. The first-order valence-corrected chi connectivity index (χ1v) is 11.2. The molecule has 0 bridgehead atoms. The quantitative estimate of drug-likeness (QED) is 0.511. The summed E-state index contributed by atoms with van der Waals surface area (Å²) in [6.45, 7) is 1.30. The maximum Gasteiger partial charge on any atom is 0.338 e. The van der Waals surface area contributed by atoms with Gasteiger partial charge in [0, 0.05) is 14.2 Å². The highest BCUT2D eigenvalue weighted by Gasteiger charge is 2.27. The standard InChI is InChI=1S/C26H32O6/c1-29-17-15-19-3-7-21(8-4-19)25(27)31-23-11-13-24(14-12-23)32-26(28)22-9-5-20(6-10-22)16-18-30-2/h3-10,23-24H,11-18H2,1-2H3. The molecule has 0 aromatic heterocycles. The zero-order valence-corrected chi connectivity index (χ0v) is 18.9. The topological polar surface area (TPSA) is 71.1 Å². The summed E-state index contributed by atoms with van der Waals surface area (Å²) in [5.41, 5.74) is 3.34. The molecule has 0 unspecified atom stereocenters. The van der Waals surface area contributed by atoms with E-state index < -0.39 is 0 Å². The first-order valence-electron chi connectivity index (χ1n) is 11.2. The number of rotatable bonds is 10. The molecule has 0 spiro atoms. The largest absolute Gasteiger partial charge is 0.459 e. The third kappa shape index (κ3) is 7.18. The van der Waals surface area contributed by atoms with Gasteiger partial charge in [-0.1, -0.05) is 24.3 Å². The molecule has 0 atom stereocenters. The zero-order valence-electron chi connectivity index (χ0n) is 18.9. The normalized spacial score (nSPS) is 18.2. The maximum absolute atomic E-state index is 12.4. The van der Waals surface area contributed by atoms with Gasteiger partial charge in [-0.05, 0) is 73.9 Å². The molecule has 1 aliphatic rings. The Kier molecular flexibility index (Phi) is 9.26. The maximum atomic E-state index is 12.4. The second kappa shape index (κ2) is 12.4. The van der Waals surface area contributed by atoms with Gasteiger partial charge in [0.25, 0.3) is 0 Å². The van der Waals surface area contributed by atoms with Gasteiger partial charge in [-0.25, -0.2) is 9.59 Å². The monoisotopic (exact) mass is 440 g/mol. The Balaban J connectivity index is 1.41. The molecular weight excluding hydrogens is 408 g/mol. The van der Waals surface area contributed by atoms with Crippen molar-refractivity contribution in [2.45, 2.75) is 50.7 Å². The lowest BCUT2D eigenvalue weighted by Crippen LogP contribution is -2.29. The minimum atomic E-state index is -0.308. The highest BCUT2D eigenvalue weighted by atomic mass is 16.6. The molecule has 6 heteroatoms. The Hall–Kier alpha value is -2.70. The molecule has 0 amide bonds. The van der Waals surface area contributed by atoms with Gasteiger partial charge in [0.1, 0.15) is 12.2 Å². The molecule has 0 radical (unpaired) electrons. The van der Waals surface area contributed by atoms with Crippen molar-refractivity contribution in [1.82, 2.24) is 0 Å². The van der Waals surface area contributed by atoms with Crippen molar-refractivity contribution in [3.63, 3.8) is 0 Å². The summed E-state index contributed by atoms with van der Waals surface area (Å²) in [5.74, 6) is -0.616. The summed E-state index contributed by atoms with van der Waals surface area (Å²) >= 11 is 0. The second-order valence-corrected chi connectivity index (χ2v) is 8.09. The first kappa shape index (κ1) is 24.0. The van der Waals surface area contributed by atoms with E-state index in [1.807, 2.05) is 24.3 Å². The molecule has 0 saturated heterocycles. The van der Waals surface area contributed by atoms with E-state index in [1.165, 1.54) is 0 Å². The third-order valence-electron chi connectivity index (χ3n) is 5.74. The SMILES string of the molecule is COCCc1ccc(C(=O)OC2CCC(OC(=O)c3ccc(CCOC)cc3)CC2)cc1. The molecule has 1 aliphatic carbocycles. The van der Waals surface area contributed by atoms with E-state index in [9.17, 15) is 9.59 Å². The Labute approximate surface area is 189 Å². The fraction of sp³-hybridized carbons (Fsp3) is 0.462. The van der Waals surface area contributed by atoms with Gasteiger partial charge in [-0.2, -0.15) is 0 Å². The molecule has 1 fully saturated rings. The average molecular weight is 441 g/mol. The number of methoxy groups -OCH3 is 2. The number of esters is 2. The van der Waals surface area contributed by atoms with E-state index in [0.717, 1.165) is 24.0 Å². The van der Waals surface area contributed by atoms with Crippen molar-refractivity contribution in [3.05, 3.63) is 70.8 Å². The van der Waals surface area contributed by atoms with Crippen molar-refractivity contribution in [2.24, 2.45) is 0 Å². The van der Waals surface area contributed by atoms with Crippen molar-refractivity contribution >= 4 is 11.9 Å². The van der Waals surface area contributed by atoms with Gasteiger partial charge >= 0.3 is 11.9 Å². The minimum absolute atomic E-state index is 0.148. The number of carbonyl (C=O) groups excluding carboxylic acids is 2. The molecule has 6 nitrogen and oxygen atoms in total. The van der Waals surface area contributed by atoms with Crippen LogP contribution in [-0.4, -0.2) is 51.6 Å². The van der Waals surface area contributed by atoms with Gasteiger partial charge in [0.15, 0.2) is 0 Å². The van der Waals surface area contributed by atoms with Gasteiger partial charge < -0.3 is 18.9 Å². The summed E-state index contributed by atoms with van der Waals surface area (Å²) in [6, 6.07) is 14.9. The van der Waals surface area contributed by atoms with Gasteiger partial charge in [0.2, 0.25) is 0 Å². The second-order valence-electron chi connectivity index (χ2n) is 8.09. The van der Waals surface area contributed by atoms with Crippen LogP contribution in [0.3, 0.4) is 0 Å². The van der Waals surface area contributed by atoms with Crippen molar-refractivity contribution in [2.75, 3.05) is 27.4 Å². The number of benzene rings is 2. The summed E-state index contributed by atoms with van der Waals surface area (Å²) < 4.78 is 21.5. The lowest BCUT2D eigenvalue weighted by molar-refractivity contribution is -0.0108. The average Bonchev–Trinajstić information content (AvgIpc) is 2.83. The minimum Gasteiger partial charge on any atom is -0.459 e. The summed E-state index contributed by atoms with van der Waals surface area (Å²) in [6.07, 6.45) is 4.07. The molecule has 2 aromatic rings. The molecule has 3 rings (SSSR count). The molecule has 0 N–H and O–H groups in total. The van der Waals surface area contributed by atoms with Crippen molar-refractivity contribution < 1.29 is 28.5 Å². The molecule has 0 aliphatic heterocycles. The smallest absolute Gasteiger partial charge is 0.338 e. The van der Waals surface area contributed by atoms with E-state index in [-0.39, 0.29) is 24.1 Å². The van der Waals surface area contributed by atoms with E-state index in [1.54, 1.807) is 38.5 Å². The first-order chi connectivity index (χ1) is 15.6. The van der Waals surface area contributed by atoms with Crippen LogP contribution in [0.2, 0.25) is 0 Å². The highest BCUT2D eigenvalue weighted by Crippen LogP contribution is 2.25. The van der Waals surface area contributed by atoms with Crippen LogP contribution >= 0.6 is 0 Å². The molecule has 32 heavy (non-hydrogen) atoms. The summed E-state index contributed by atoms with van der Waals surface area (Å²) in [4.78, 5) is 24.9. The van der Waals surface area contributed by atoms with E-state index >= 15 is 0 Å². The Morgan fingerprint density at radius 2 is 1.00 bits per heavy atom. The zero-order chi connectivity index (χ0) is 22.8. The van der Waals surface area contributed by atoms with Crippen LogP contribution in [0.15, 0.2) is 48.5 Å². The summed E-state index contributed by atoms with van der Waals surface area (Å²) in [5, 5.41) is 0. The van der Waals surface area contributed by atoms with Crippen LogP contribution < -0.4 is 0 Å². The van der Waals surface area contributed by atoms with Gasteiger partial charge in [-0.3, -0.25) is 0 Å². The molecule has 172 valence electrons. The van der Waals surface area contributed by atoms with Crippen molar-refractivity contribution in [1.29, 1.82) is 0 Å². The molecular formula is C26H32O6. The predicted octanol–water partition coefficient (Wildman–Crippen LogP) is 4.39. The Morgan fingerprint density at radius 1 is 0.656 bits per heavy atom. The number of hydrogen-bond donors (Lipinski definition) is 0. The van der Waals surface area contributed by atoms with E-state index in [2.05, 4.69) is 0 Å². The third-order valence-corrected chi connectivity index (χ3v) is 5.74. The van der Waals surface area contributed by atoms with Crippen LogP contribution in [0.4, 0.5) is 0 Å². The fourth-order valence-corrected chi connectivity index (χ4v) is 3.76. The van der Waals surface area contributed by atoms with Gasteiger partial charge in [0.05, 0.1) is 24.3 Å². The van der Waals surface area contributed by atoms with Crippen LogP contribution in [0.25, 0.3) is 0 Å². The van der Waals surface area contributed by atoms with Crippen LogP contribution in [0.5, 0.6) is 0 Å². The number of ether oxygens (including phenoxy) is 4. The van der Waals surface area contributed by atoms with Crippen LogP contribution in [0.1, 0.15) is 57.5 Å². The van der Waals surface area contributed by atoms with Crippen LogP contribution in [-0.2, 0) is 31.8 Å². The Morgan fingerprint density at radius 3 is 1.31 bits per heavy atom. The fourth-order valence-electron chi connectivity index (χ4n) is 3.76. The van der Waals surface area contributed by atoms with E-state index in [0.29, 0.717) is 50.0 Å². The molecule has 0 heterocycles. The predicted molar refractivity (Wildman–Crippen MR) is 121 cm³/mol. The van der Waals surface area contributed by atoms with E-state index in [4.69, 9.17) is 18.9 Å². The summed E-state index contributed by atoms with van der Waals surface area (Å²) in [7, 11) is 3.34. The molecule has 2 aromatic carbocycles. The van der Waals surface area contributed by atoms with Gasteiger partial charge in [-0.15, -0.1) is 0 Å². The Bertz CT molecular complexity index is 777. The van der Waals surface area contributed by atoms with Crippen molar-refractivity contribution in [3.8, 4) is 0 Å². The highest BCUT2D eigenvalue weighted by molar-refractivity contribution is 5.90.